The third-order valence-electron chi connectivity index (χ3n) is 1.35. The van der Waals surface area contributed by atoms with E-state index in [9.17, 15) is 4.39 Å². The molecule has 0 amide bonds. The fourth-order valence-corrected chi connectivity index (χ4v) is 1.13. The molecule has 0 unspecified atom stereocenters. The Morgan fingerprint density at radius 3 is 2.50 bits per heavy atom. The van der Waals surface area contributed by atoms with Crippen molar-refractivity contribution in [2.24, 2.45) is 0 Å². The van der Waals surface area contributed by atoms with Gasteiger partial charge in [0, 0.05) is 6.07 Å². The van der Waals surface area contributed by atoms with Crippen molar-refractivity contribution in [3.63, 3.8) is 0 Å². The van der Waals surface area contributed by atoms with Gasteiger partial charge in [0.25, 0.3) is 0 Å². The zero-order chi connectivity index (χ0) is 9.30. The fourth-order valence-electron chi connectivity index (χ4n) is 0.736. The van der Waals surface area contributed by atoms with E-state index in [1.807, 2.05) is 0 Å². The van der Waals surface area contributed by atoms with Crippen LogP contribution < -0.4 is 4.74 Å². The average Bonchev–Trinajstić information content (AvgIpc) is 2.08. The third-order valence-corrected chi connectivity index (χ3v) is 1.93. The number of benzene rings is 1. The van der Waals surface area contributed by atoms with Gasteiger partial charge >= 0.3 is 0 Å². The van der Waals surface area contributed by atoms with Gasteiger partial charge in [0.2, 0.25) is 5.75 Å². The van der Waals surface area contributed by atoms with Crippen LogP contribution in [0.3, 0.4) is 0 Å². The van der Waals surface area contributed by atoms with Crippen LogP contribution in [0, 0.1) is 5.82 Å². The Bertz CT molecular complexity index is 314. The van der Waals surface area contributed by atoms with Crippen molar-refractivity contribution in [3.05, 3.63) is 16.4 Å². The molecule has 0 aromatic heterocycles. The summed E-state index contributed by atoms with van der Waals surface area (Å²) in [5, 5.41) is 18.0. The minimum atomic E-state index is -0.909. The van der Waals surface area contributed by atoms with Crippen molar-refractivity contribution in [2.75, 3.05) is 7.11 Å². The summed E-state index contributed by atoms with van der Waals surface area (Å²) in [6.07, 6.45) is 0. The van der Waals surface area contributed by atoms with Gasteiger partial charge in [-0.15, -0.1) is 0 Å². The molecule has 0 atom stereocenters. The van der Waals surface area contributed by atoms with E-state index in [1.54, 1.807) is 0 Å². The van der Waals surface area contributed by atoms with Gasteiger partial charge in [-0.1, -0.05) is 0 Å². The number of phenols is 2. The molecule has 0 bridgehead atoms. The van der Waals surface area contributed by atoms with Crippen LogP contribution in [0.25, 0.3) is 0 Å². The van der Waals surface area contributed by atoms with E-state index in [4.69, 9.17) is 10.2 Å². The van der Waals surface area contributed by atoms with Gasteiger partial charge in [-0.25, -0.2) is 4.39 Å². The maximum Gasteiger partial charge on any atom is 0.203 e. The van der Waals surface area contributed by atoms with Gasteiger partial charge in [-0.05, 0) is 15.9 Å². The third kappa shape index (κ3) is 1.32. The highest BCUT2D eigenvalue weighted by atomic mass is 79.9. The van der Waals surface area contributed by atoms with Crippen LogP contribution >= 0.6 is 15.9 Å². The molecule has 0 saturated carbocycles. The van der Waals surface area contributed by atoms with E-state index in [0.29, 0.717) is 0 Å². The first-order chi connectivity index (χ1) is 5.57. The molecule has 66 valence electrons. The summed E-state index contributed by atoms with van der Waals surface area (Å²) >= 11 is 2.85. The minimum absolute atomic E-state index is 0.0146. The van der Waals surface area contributed by atoms with Gasteiger partial charge in [-0.2, -0.15) is 0 Å². The highest BCUT2D eigenvalue weighted by Gasteiger charge is 2.15. The van der Waals surface area contributed by atoms with Crippen LogP contribution in [-0.2, 0) is 0 Å². The molecule has 2 N–H and O–H groups in total. The second kappa shape index (κ2) is 3.18. The molecule has 0 heterocycles. The van der Waals surface area contributed by atoms with Crippen molar-refractivity contribution in [1.29, 1.82) is 0 Å². The summed E-state index contributed by atoms with van der Waals surface area (Å²) in [5.41, 5.74) is 0. The lowest BCUT2D eigenvalue weighted by molar-refractivity contribution is 0.338. The molecule has 1 rings (SSSR count). The minimum Gasteiger partial charge on any atom is -0.502 e. The van der Waals surface area contributed by atoms with Gasteiger partial charge in [0.05, 0.1) is 11.6 Å². The molecule has 1 aromatic carbocycles. The van der Waals surface area contributed by atoms with Crippen molar-refractivity contribution in [3.8, 4) is 17.2 Å². The van der Waals surface area contributed by atoms with Crippen LogP contribution in [0.2, 0.25) is 0 Å². The van der Waals surface area contributed by atoms with Crippen molar-refractivity contribution < 1.29 is 19.3 Å². The van der Waals surface area contributed by atoms with E-state index in [-0.39, 0.29) is 10.2 Å². The molecule has 0 aliphatic heterocycles. The molecule has 3 nitrogen and oxygen atoms in total. The number of rotatable bonds is 1. The zero-order valence-electron chi connectivity index (χ0n) is 6.14. The molecule has 0 aliphatic carbocycles. The molecule has 0 radical (unpaired) electrons. The standard InChI is InChI=1S/C7H6BrFO3/c1-12-4-2-3(8)5(9)7(11)6(4)10/h2,10-11H,1H3. The monoisotopic (exact) mass is 236 g/mol. The summed E-state index contributed by atoms with van der Waals surface area (Å²) in [5.74, 6) is -2.31. The van der Waals surface area contributed by atoms with Gasteiger partial charge in [-0.3, -0.25) is 0 Å². The Kier molecular flexibility index (Phi) is 2.42. The Balaban J connectivity index is 3.39. The predicted octanol–water partition coefficient (Wildman–Crippen LogP) is 2.01. The Morgan fingerprint density at radius 1 is 1.42 bits per heavy atom. The number of methoxy groups -OCH3 is 1. The summed E-state index contributed by atoms with van der Waals surface area (Å²) in [7, 11) is 1.30. The number of halogens is 2. The molecule has 0 spiro atoms. The highest BCUT2D eigenvalue weighted by Crippen LogP contribution is 2.40. The van der Waals surface area contributed by atoms with Gasteiger partial charge < -0.3 is 14.9 Å². The lowest BCUT2D eigenvalue weighted by Crippen LogP contribution is -1.87. The van der Waals surface area contributed by atoms with E-state index in [1.165, 1.54) is 13.2 Å². The van der Waals surface area contributed by atoms with Crippen LogP contribution in [0.15, 0.2) is 10.5 Å². The maximum absolute atomic E-state index is 12.8. The Hall–Kier alpha value is -0.970. The second-order valence-corrected chi connectivity index (χ2v) is 2.93. The summed E-state index contributed by atoms with van der Waals surface area (Å²) in [6, 6.07) is 1.23. The van der Waals surface area contributed by atoms with E-state index in [2.05, 4.69) is 20.7 Å². The summed E-state index contributed by atoms with van der Waals surface area (Å²) in [6.45, 7) is 0. The number of aromatic hydroxyl groups is 2. The smallest absolute Gasteiger partial charge is 0.203 e. The van der Waals surface area contributed by atoms with E-state index < -0.39 is 17.3 Å². The van der Waals surface area contributed by atoms with Crippen molar-refractivity contribution >= 4 is 15.9 Å². The van der Waals surface area contributed by atoms with Crippen molar-refractivity contribution in [1.82, 2.24) is 0 Å². The molecular formula is C7H6BrFO3. The number of phenolic OH excluding ortho intramolecular Hbond substituents is 2. The summed E-state index contributed by atoms with van der Waals surface area (Å²) in [4.78, 5) is 0. The Labute approximate surface area is 76.5 Å². The topological polar surface area (TPSA) is 49.7 Å². The van der Waals surface area contributed by atoms with Crippen LogP contribution in [0.4, 0.5) is 4.39 Å². The zero-order valence-corrected chi connectivity index (χ0v) is 7.72. The molecular weight excluding hydrogens is 231 g/mol. The number of hydrogen-bond acceptors (Lipinski definition) is 3. The quantitative estimate of drug-likeness (QED) is 0.734. The molecule has 5 heteroatoms. The molecule has 1 aromatic rings. The second-order valence-electron chi connectivity index (χ2n) is 2.07. The SMILES string of the molecule is COc1cc(Br)c(F)c(O)c1O. The lowest BCUT2D eigenvalue weighted by atomic mass is 10.3. The first-order valence-electron chi connectivity index (χ1n) is 3.01. The molecule has 12 heavy (non-hydrogen) atoms. The van der Waals surface area contributed by atoms with E-state index >= 15 is 0 Å². The Morgan fingerprint density at radius 2 is 2.00 bits per heavy atom. The van der Waals surface area contributed by atoms with Gasteiger partial charge in [0.1, 0.15) is 0 Å². The lowest BCUT2D eigenvalue weighted by Gasteiger charge is -2.06. The van der Waals surface area contributed by atoms with E-state index in [0.717, 1.165) is 0 Å². The largest absolute Gasteiger partial charge is 0.502 e. The molecule has 0 fully saturated rings. The van der Waals surface area contributed by atoms with Gasteiger partial charge in [0.15, 0.2) is 17.3 Å². The van der Waals surface area contributed by atoms with Crippen LogP contribution in [0.5, 0.6) is 17.2 Å². The number of hydrogen-bond donors (Lipinski definition) is 2. The summed E-state index contributed by atoms with van der Waals surface area (Å²) < 4.78 is 17.5. The molecule has 0 saturated heterocycles. The normalized spacial score (nSPS) is 9.92. The van der Waals surface area contributed by atoms with Crippen molar-refractivity contribution in [2.45, 2.75) is 0 Å². The van der Waals surface area contributed by atoms with Crippen LogP contribution in [-0.4, -0.2) is 17.3 Å². The first kappa shape index (κ1) is 9.12. The van der Waals surface area contributed by atoms with Crippen LogP contribution in [0.1, 0.15) is 0 Å². The number of ether oxygens (including phenoxy) is 1. The predicted molar refractivity (Wildman–Crippen MR) is 44.0 cm³/mol. The first-order valence-corrected chi connectivity index (χ1v) is 3.81. The average molecular weight is 237 g/mol. The maximum atomic E-state index is 12.8. The molecule has 0 aliphatic rings. The fraction of sp³-hybridized carbons (Fsp3) is 0.143. The highest BCUT2D eigenvalue weighted by molar-refractivity contribution is 9.10.